The minimum Gasteiger partial charge on any atom is -0.478 e. The molecule has 1 amide bonds. The highest BCUT2D eigenvalue weighted by atomic mass is 16.4. The van der Waals surface area contributed by atoms with Crippen molar-refractivity contribution in [2.75, 3.05) is 18.9 Å². The van der Waals surface area contributed by atoms with Crippen molar-refractivity contribution in [1.82, 2.24) is 5.32 Å². The van der Waals surface area contributed by atoms with E-state index in [-0.39, 0.29) is 17.4 Å². The number of amides is 1. The van der Waals surface area contributed by atoms with Gasteiger partial charge in [0.2, 0.25) is 5.91 Å². The van der Waals surface area contributed by atoms with E-state index < -0.39 is 5.97 Å². The fourth-order valence-electron chi connectivity index (χ4n) is 2.18. The molecule has 5 nitrogen and oxygen atoms in total. The Bertz CT molecular complexity index is 682. The Morgan fingerprint density at radius 3 is 2.38 bits per heavy atom. The maximum atomic E-state index is 12.1. The van der Waals surface area contributed by atoms with Crippen LogP contribution < -0.4 is 10.6 Å². The predicted octanol–water partition coefficient (Wildman–Crippen LogP) is 2.33. The minimum absolute atomic E-state index is 0.0960. The van der Waals surface area contributed by atoms with Gasteiger partial charge in [-0.2, -0.15) is 0 Å². The molecule has 0 radical (unpaired) electrons. The van der Waals surface area contributed by atoms with E-state index in [1.807, 2.05) is 24.3 Å². The molecule has 2 aromatic carbocycles. The molecule has 0 aliphatic heterocycles. The predicted molar refractivity (Wildman–Crippen MR) is 82.6 cm³/mol. The molecule has 1 unspecified atom stereocenters. The number of carbonyl (C=O) groups excluding carboxylic acids is 1. The lowest BCUT2D eigenvalue weighted by atomic mass is 10.0. The second-order valence-electron chi connectivity index (χ2n) is 5.00. The van der Waals surface area contributed by atoms with Crippen molar-refractivity contribution >= 4 is 28.3 Å². The number of hydrogen-bond donors (Lipinski definition) is 3. The van der Waals surface area contributed by atoms with Crippen molar-refractivity contribution in [1.29, 1.82) is 0 Å². The Morgan fingerprint density at radius 2 is 1.81 bits per heavy atom. The normalized spacial score (nSPS) is 12.1. The molecule has 5 heteroatoms. The number of carboxylic acid groups (broad SMARTS) is 1. The molecule has 3 N–H and O–H groups in total. The first-order chi connectivity index (χ1) is 10.0. The van der Waals surface area contributed by atoms with Crippen LogP contribution >= 0.6 is 0 Å². The van der Waals surface area contributed by atoms with Crippen molar-refractivity contribution in [3.8, 4) is 0 Å². The summed E-state index contributed by atoms with van der Waals surface area (Å²) in [7, 11) is 1.77. The smallest absolute Gasteiger partial charge is 0.337 e. The van der Waals surface area contributed by atoms with Gasteiger partial charge in [0.25, 0.3) is 0 Å². The second kappa shape index (κ2) is 6.37. The summed E-state index contributed by atoms with van der Waals surface area (Å²) in [6.45, 7) is 2.31. The highest BCUT2D eigenvalue weighted by Crippen LogP contribution is 2.24. The van der Waals surface area contributed by atoms with Crippen molar-refractivity contribution in [3.63, 3.8) is 0 Å². The molecule has 0 aromatic heterocycles. The summed E-state index contributed by atoms with van der Waals surface area (Å²) in [5, 5.41) is 16.7. The number of benzene rings is 2. The third-order valence-corrected chi connectivity index (χ3v) is 3.33. The molecule has 110 valence electrons. The van der Waals surface area contributed by atoms with E-state index in [4.69, 9.17) is 0 Å². The zero-order valence-electron chi connectivity index (χ0n) is 12.0. The van der Waals surface area contributed by atoms with Crippen LogP contribution in [0.2, 0.25) is 0 Å². The number of carboxylic acids is 1. The molecule has 0 saturated heterocycles. The van der Waals surface area contributed by atoms with Crippen LogP contribution in [0, 0.1) is 5.92 Å². The Labute approximate surface area is 123 Å². The van der Waals surface area contributed by atoms with Gasteiger partial charge in [-0.15, -0.1) is 0 Å². The molecule has 2 aromatic rings. The molecule has 2 rings (SSSR count). The molecule has 0 spiro atoms. The second-order valence-corrected chi connectivity index (χ2v) is 5.00. The number of rotatable bonds is 5. The third kappa shape index (κ3) is 3.38. The van der Waals surface area contributed by atoms with Gasteiger partial charge in [-0.05, 0) is 30.0 Å². The average molecular weight is 286 g/mol. The number of hydrogen-bond acceptors (Lipinski definition) is 3. The first kappa shape index (κ1) is 15.0. The van der Waals surface area contributed by atoms with Gasteiger partial charge in [0, 0.05) is 12.5 Å². The summed E-state index contributed by atoms with van der Waals surface area (Å²) < 4.78 is 0. The zero-order chi connectivity index (χ0) is 15.4. The van der Waals surface area contributed by atoms with Gasteiger partial charge in [0.15, 0.2) is 0 Å². The van der Waals surface area contributed by atoms with E-state index >= 15 is 0 Å². The Balaban J connectivity index is 2.39. The monoisotopic (exact) mass is 286 g/mol. The van der Waals surface area contributed by atoms with Gasteiger partial charge < -0.3 is 15.7 Å². The Morgan fingerprint density at radius 1 is 1.19 bits per heavy atom. The quantitative estimate of drug-likeness (QED) is 0.788. The zero-order valence-corrected chi connectivity index (χ0v) is 12.0. The van der Waals surface area contributed by atoms with E-state index in [0.29, 0.717) is 12.2 Å². The number of carbonyl (C=O) groups is 2. The van der Waals surface area contributed by atoms with Crippen LogP contribution in [-0.4, -0.2) is 30.6 Å². The maximum absolute atomic E-state index is 12.1. The van der Waals surface area contributed by atoms with Crippen LogP contribution in [0.4, 0.5) is 5.69 Å². The Kier molecular flexibility index (Phi) is 4.55. The SMILES string of the molecule is CNCC(C)C(=O)Nc1cc2ccccc2cc1C(=O)O. The molecule has 1 atom stereocenters. The van der Waals surface area contributed by atoms with Crippen LogP contribution in [0.3, 0.4) is 0 Å². The van der Waals surface area contributed by atoms with Gasteiger partial charge in [-0.3, -0.25) is 4.79 Å². The van der Waals surface area contributed by atoms with Crippen molar-refractivity contribution in [2.24, 2.45) is 5.92 Å². The summed E-state index contributed by atoms with van der Waals surface area (Å²) in [5.74, 6) is -1.51. The fourth-order valence-corrected chi connectivity index (χ4v) is 2.18. The average Bonchev–Trinajstić information content (AvgIpc) is 2.46. The topological polar surface area (TPSA) is 78.4 Å². The van der Waals surface area contributed by atoms with E-state index in [0.717, 1.165) is 10.8 Å². The molecule has 21 heavy (non-hydrogen) atoms. The highest BCUT2D eigenvalue weighted by molar-refractivity contribution is 6.05. The summed E-state index contributed by atoms with van der Waals surface area (Å²) in [6, 6.07) is 10.7. The molecular weight excluding hydrogens is 268 g/mol. The summed E-state index contributed by atoms with van der Waals surface area (Å²) in [5.41, 5.74) is 0.424. The van der Waals surface area contributed by atoms with Gasteiger partial charge >= 0.3 is 5.97 Å². The molecule has 0 fully saturated rings. The van der Waals surface area contributed by atoms with E-state index in [2.05, 4.69) is 10.6 Å². The van der Waals surface area contributed by atoms with Crippen molar-refractivity contribution in [3.05, 3.63) is 42.0 Å². The molecule has 0 heterocycles. The molecule has 0 saturated carbocycles. The lowest BCUT2D eigenvalue weighted by molar-refractivity contribution is -0.119. The third-order valence-electron chi connectivity index (χ3n) is 3.33. The Hall–Kier alpha value is -2.40. The first-order valence-electron chi connectivity index (χ1n) is 6.74. The highest BCUT2D eigenvalue weighted by Gasteiger charge is 2.17. The number of nitrogens with one attached hydrogen (secondary N) is 2. The number of aromatic carboxylic acids is 1. The van der Waals surface area contributed by atoms with Crippen molar-refractivity contribution < 1.29 is 14.7 Å². The van der Waals surface area contributed by atoms with Gasteiger partial charge in [0.05, 0.1) is 11.3 Å². The summed E-state index contributed by atoms with van der Waals surface area (Å²) in [6.07, 6.45) is 0. The fraction of sp³-hybridized carbons (Fsp3) is 0.250. The lowest BCUT2D eigenvalue weighted by Crippen LogP contribution is -2.29. The maximum Gasteiger partial charge on any atom is 0.337 e. The van der Waals surface area contributed by atoms with E-state index in [1.54, 1.807) is 26.1 Å². The van der Waals surface area contributed by atoms with Crippen LogP contribution in [0.1, 0.15) is 17.3 Å². The lowest BCUT2D eigenvalue weighted by Gasteiger charge is -2.14. The van der Waals surface area contributed by atoms with Gasteiger partial charge in [-0.1, -0.05) is 31.2 Å². The summed E-state index contributed by atoms with van der Waals surface area (Å²) in [4.78, 5) is 23.4. The summed E-state index contributed by atoms with van der Waals surface area (Å²) >= 11 is 0. The molecular formula is C16H18N2O3. The molecule has 0 bridgehead atoms. The number of fused-ring (bicyclic) bond motifs is 1. The van der Waals surface area contributed by atoms with Crippen LogP contribution in [0.15, 0.2) is 36.4 Å². The van der Waals surface area contributed by atoms with E-state index in [1.165, 1.54) is 0 Å². The standard InChI is InChI=1S/C16H18N2O3/c1-10(9-17-2)15(19)18-14-8-12-6-4-3-5-11(12)7-13(14)16(20)21/h3-8,10,17H,9H2,1-2H3,(H,18,19)(H,20,21). The number of anilines is 1. The van der Waals surface area contributed by atoms with Crippen LogP contribution in [0.5, 0.6) is 0 Å². The van der Waals surface area contributed by atoms with Crippen LogP contribution in [0.25, 0.3) is 10.8 Å². The minimum atomic E-state index is -1.06. The van der Waals surface area contributed by atoms with Crippen LogP contribution in [-0.2, 0) is 4.79 Å². The van der Waals surface area contributed by atoms with E-state index in [9.17, 15) is 14.7 Å². The molecule has 0 aliphatic rings. The first-order valence-corrected chi connectivity index (χ1v) is 6.74. The van der Waals surface area contributed by atoms with Gasteiger partial charge in [-0.25, -0.2) is 4.79 Å². The van der Waals surface area contributed by atoms with Gasteiger partial charge in [0.1, 0.15) is 0 Å². The molecule has 0 aliphatic carbocycles. The van der Waals surface area contributed by atoms with Crippen molar-refractivity contribution in [2.45, 2.75) is 6.92 Å². The largest absolute Gasteiger partial charge is 0.478 e.